The molecule has 1 heterocycles. The van der Waals surface area contributed by atoms with E-state index in [9.17, 15) is 4.79 Å². The summed E-state index contributed by atoms with van der Waals surface area (Å²) in [5.41, 5.74) is 3.38. The number of benzene rings is 3. The van der Waals surface area contributed by atoms with Gasteiger partial charge in [0.2, 0.25) is 0 Å². The maximum absolute atomic E-state index is 13.1. The van der Waals surface area contributed by atoms with Crippen LogP contribution in [0.15, 0.2) is 96.7 Å². The molecular weight excluding hydrogens is 322 g/mol. The minimum atomic E-state index is 0.0231. The third-order valence-electron chi connectivity index (χ3n) is 4.41. The third kappa shape index (κ3) is 3.24. The average Bonchev–Trinajstić information content (AvgIpc) is 2.86. The fraction of sp³-hybridized carbons (Fsp3) is 0.0870. The van der Waals surface area contributed by atoms with Crippen molar-refractivity contribution in [1.82, 2.24) is 0 Å². The lowest BCUT2D eigenvalue weighted by atomic mass is 10.0. The largest absolute Gasteiger partial charge is 0.492 e. The second-order valence-corrected chi connectivity index (χ2v) is 6.12. The van der Waals surface area contributed by atoms with Gasteiger partial charge >= 0.3 is 0 Å². The number of anilines is 2. The summed E-state index contributed by atoms with van der Waals surface area (Å²) in [5, 5.41) is 0. The molecular formula is C23H19NO2. The molecule has 0 saturated carbocycles. The summed E-state index contributed by atoms with van der Waals surface area (Å²) in [6.45, 7) is 0.492. The highest BCUT2D eigenvalue weighted by Crippen LogP contribution is 2.30. The van der Waals surface area contributed by atoms with E-state index >= 15 is 0 Å². The molecule has 0 amide bonds. The Kier molecular flexibility index (Phi) is 4.52. The lowest BCUT2D eigenvalue weighted by molar-refractivity contribution is 0.103. The van der Waals surface area contributed by atoms with Gasteiger partial charge in [-0.3, -0.25) is 4.79 Å². The predicted octanol–water partition coefficient (Wildman–Crippen LogP) is 5.37. The maximum Gasteiger partial charge on any atom is 0.194 e. The van der Waals surface area contributed by atoms with Gasteiger partial charge in [-0.1, -0.05) is 48.5 Å². The number of ketones is 1. The maximum atomic E-state index is 13.1. The number of Topliss-reactive ketones (excluding diaryl/α,β-unsaturated/α-hetero) is 1. The Morgan fingerprint density at radius 1 is 0.769 bits per heavy atom. The second-order valence-electron chi connectivity index (χ2n) is 6.12. The van der Waals surface area contributed by atoms with E-state index in [2.05, 4.69) is 4.90 Å². The van der Waals surface area contributed by atoms with Crippen LogP contribution in [-0.2, 0) is 0 Å². The van der Waals surface area contributed by atoms with E-state index in [-0.39, 0.29) is 5.78 Å². The van der Waals surface area contributed by atoms with Gasteiger partial charge in [0.25, 0.3) is 0 Å². The Morgan fingerprint density at radius 3 is 2.00 bits per heavy atom. The van der Waals surface area contributed by atoms with Crippen molar-refractivity contribution >= 4 is 17.2 Å². The van der Waals surface area contributed by atoms with E-state index in [0.29, 0.717) is 24.3 Å². The van der Waals surface area contributed by atoms with Crippen LogP contribution < -0.4 is 9.64 Å². The number of hydrogen-bond acceptors (Lipinski definition) is 3. The summed E-state index contributed by atoms with van der Waals surface area (Å²) < 4.78 is 5.76. The van der Waals surface area contributed by atoms with Gasteiger partial charge in [0.15, 0.2) is 5.78 Å². The fourth-order valence-corrected chi connectivity index (χ4v) is 3.09. The lowest BCUT2D eigenvalue weighted by Gasteiger charge is -2.22. The zero-order chi connectivity index (χ0) is 17.8. The van der Waals surface area contributed by atoms with Crippen molar-refractivity contribution in [1.29, 1.82) is 0 Å². The summed E-state index contributed by atoms with van der Waals surface area (Å²) in [5.74, 6) is 0.682. The van der Waals surface area contributed by atoms with Crippen molar-refractivity contribution in [3.05, 3.63) is 102 Å². The van der Waals surface area contributed by atoms with Gasteiger partial charge < -0.3 is 9.64 Å². The van der Waals surface area contributed by atoms with E-state index < -0.39 is 0 Å². The van der Waals surface area contributed by atoms with Gasteiger partial charge in [0, 0.05) is 29.6 Å². The zero-order valence-electron chi connectivity index (χ0n) is 14.3. The lowest BCUT2D eigenvalue weighted by Crippen LogP contribution is -2.13. The number of rotatable bonds is 3. The molecule has 3 aromatic rings. The van der Waals surface area contributed by atoms with Crippen LogP contribution in [0.3, 0.4) is 0 Å². The summed E-state index contributed by atoms with van der Waals surface area (Å²) in [7, 11) is 0. The summed E-state index contributed by atoms with van der Waals surface area (Å²) in [6, 6.07) is 27.5. The minimum Gasteiger partial charge on any atom is -0.492 e. The van der Waals surface area contributed by atoms with Crippen molar-refractivity contribution in [3.8, 4) is 5.75 Å². The molecule has 0 fully saturated rings. The molecule has 3 heteroatoms. The van der Waals surface area contributed by atoms with Crippen LogP contribution in [0, 0.1) is 0 Å². The predicted molar refractivity (Wildman–Crippen MR) is 104 cm³/mol. The van der Waals surface area contributed by atoms with Gasteiger partial charge in [-0.05, 0) is 36.4 Å². The Hall–Kier alpha value is -3.33. The standard InChI is InChI=1S/C23H19NO2/c25-23-18(15-16-26-22-14-8-7-13-21(22)23)17-24(19-9-3-1-4-10-19)20-11-5-2-6-12-20/h1-14,17H,15-16H2/b18-17+. The number of carbonyl (C=O) groups excluding carboxylic acids is 1. The molecule has 0 aliphatic carbocycles. The number of para-hydroxylation sites is 3. The van der Waals surface area contributed by atoms with Crippen molar-refractivity contribution < 1.29 is 9.53 Å². The Balaban J connectivity index is 1.79. The molecule has 0 bridgehead atoms. The first-order chi connectivity index (χ1) is 12.8. The third-order valence-corrected chi connectivity index (χ3v) is 4.41. The van der Waals surface area contributed by atoms with Gasteiger partial charge in [0.05, 0.1) is 12.2 Å². The molecule has 0 saturated heterocycles. The molecule has 0 atom stereocenters. The van der Waals surface area contributed by atoms with Gasteiger partial charge in [0.1, 0.15) is 5.75 Å². The smallest absolute Gasteiger partial charge is 0.194 e. The summed E-state index contributed by atoms with van der Waals surface area (Å²) in [6.07, 6.45) is 2.52. The molecule has 0 spiro atoms. The molecule has 3 aromatic carbocycles. The van der Waals surface area contributed by atoms with Crippen LogP contribution in [0.25, 0.3) is 0 Å². The van der Waals surface area contributed by atoms with Crippen LogP contribution in [-0.4, -0.2) is 12.4 Å². The second kappa shape index (κ2) is 7.28. The molecule has 1 aliphatic heterocycles. The van der Waals surface area contributed by atoms with Crippen molar-refractivity contribution in [2.45, 2.75) is 6.42 Å². The number of ether oxygens (including phenoxy) is 1. The van der Waals surface area contributed by atoms with Crippen LogP contribution in [0.1, 0.15) is 16.8 Å². The normalized spacial score (nSPS) is 15.1. The summed E-state index contributed by atoms with van der Waals surface area (Å²) in [4.78, 5) is 15.1. The summed E-state index contributed by atoms with van der Waals surface area (Å²) >= 11 is 0. The van der Waals surface area contributed by atoms with E-state index in [1.807, 2.05) is 91.1 Å². The van der Waals surface area contributed by atoms with E-state index in [0.717, 1.165) is 16.9 Å². The molecule has 3 nitrogen and oxygen atoms in total. The van der Waals surface area contributed by atoms with Crippen LogP contribution in [0.4, 0.5) is 11.4 Å². The number of nitrogens with zero attached hydrogens (tertiary/aromatic N) is 1. The number of carbonyl (C=O) groups is 1. The monoisotopic (exact) mass is 341 g/mol. The Morgan fingerprint density at radius 2 is 1.35 bits per heavy atom. The molecule has 0 N–H and O–H groups in total. The van der Waals surface area contributed by atoms with Crippen LogP contribution >= 0.6 is 0 Å². The van der Waals surface area contributed by atoms with Gasteiger partial charge in [-0.2, -0.15) is 0 Å². The van der Waals surface area contributed by atoms with E-state index in [1.165, 1.54) is 0 Å². The number of hydrogen-bond donors (Lipinski definition) is 0. The van der Waals surface area contributed by atoms with E-state index in [4.69, 9.17) is 4.74 Å². The van der Waals surface area contributed by atoms with Crippen molar-refractivity contribution in [2.75, 3.05) is 11.5 Å². The highest BCUT2D eigenvalue weighted by molar-refractivity contribution is 6.11. The highest BCUT2D eigenvalue weighted by Gasteiger charge is 2.22. The average molecular weight is 341 g/mol. The fourth-order valence-electron chi connectivity index (χ4n) is 3.09. The Labute approximate surface area is 153 Å². The molecule has 0 aromatic heterocycles. The molecule has 128 valence electrons. The topological polar surface area (TPSA) is 29.5 Å². The SMILES string of the molecule is O=C1/C(=C/N(c2ccccc2)c2ccccc2)CCOc2ccccc21. The van der Waals surface area contributed by atoms with Crippen LogP contribution in [0.2, 0.25) is 0 Å². The quantitative estimate of drug-likeness (QED) is 0.600. The molecule has 1 aliphatic rings. The van der Waals surface area contributed by atoms with Crippen LogP contribution in [0.5, 0.6) is 5.75 Å². The minimum absolute atomic E-state index is 0.0231. The van der Waals surface area contributed by atoms with Gasteiger partial charge in [-0.25, -0.2) is 0 Å². The Bertz CT molecular complexity index is 893. The highest BCUT2D eigenvalue weighted by atomic mass is 16.5. The first-order valence-corrected chi connectivity index (χ1v) is 8.69. The molecule has 0 radical (unpaired) electrons. The number of fused-ring (bicyclic) bond motifs is 1. The molecule has 4 rings (SSSR count). The van der Waals surface area contributed by atoms with E-state index in [1.54, 1.807) is 0 Å². The molecule has 0 unspecified atom stereocenters. The van der Waals surface area contributed by atoms with Crippen molar-refractivity contribution in [2.24, 2.45) is 0 Å². The molecule has 26 heavy (non-hydrogen) atoms. The van der Waals surface area contributed by atoms with Crippen molar-refractivity contribution in [3.63, 3.8) is 0 Å². The zero-order valence-corrected chi connectivity index (χ0v) is 14.3. The first kappa shape index (κ1) is 16.2. The first-order valence-electron chi connectivity index (χ1n) is 8.69. The van der Waals surface area contributed by atoms with Gasteiger partial charge in [-0.15, -0.1) is 0 Å².